The van der Waals surface area contributed by atoms with Crippen LogP contribution in [-0.4, -0.2) is 52.5 Å². The second kappa shape index (κ2) is 8.10. The Labute approximate surface area is 182 Å². The highest BCUT2D eigenvalue weighted by Gasteiger charge is 2.44. The first-order valence-corrected chi connectivity index (χ1v) is 11.3. The standard InChI is InChI=1S/C24H30F2N4O/c1-24(2)12-19(7-8-31-24)30-13-15-9-18(10-16(15)14-30)27-23-6-5-22(28-29-23)20-11-17(25)3-4-21(20)26/h3-6,11,15-16,18-19H,7-10,12-14H2,1-2H3,(H,27,29). The van der Waals surface area contributed by atoms with Gasteiger partial charge in [-0.3, -0.25) is 4.90 Å². The lowest BCUT2D eigenvalue weighted by molar-refractivity contribution is -0.0811. The first kappa shape index (κ1) is 20.8. The van der Waals surface area contributed by atoms with E-state index in [4.69, 9.17) is 4.74 Å². The Hall–Kier alpha value is -2.12. The van der Waals surface area contributed by atoms with E-state index in [-0.39, 0.29) is 11.2 Å². The van der Waals surface area contributed by atoms with Gasteiger partial charge in [0.2, 0.25) is 0 Å². The predicted molar refractivity (Wildman–Crippen MR) is 116 cm³/mol. The van der Waals surface area contributed by atoms with Crippen LogP contribution in [0.15, 0.2) is 30.3 Å². The number of benzene rings is 1. The van der Waals surface area contributed by atoms with E-state index in [9.17, 15) is 8.78 Å². The first-order chi connectivity index (χ1) is 14.9. The van der Waals surface area contributed by atoms with Crippen LogP contribution >= 0.6 is 0 Å². The zero-order valence-electron chi connectivity index (χ0n) is 18.2. The largest absolute Gasteiger partial charge is 0.375 e. The van der Waals surface area contributed by atoms with Crippen LogP contribution in [0.4, 0.5) is 14.6 Å². The fourth-order valence-corrected chi connectivity index (χ4v) is 5.72. The average Bonchev–Trinajstić information content (AvgIpc) is 3.28. The molecule has 31 heavy (non-hydrogen) atoms. The van der Waals surface area contributed by atoms with Gasteiger partial charge in [-0.05, 0) is 81.7 Å². The molecule has 1 N–H and O–H groups in total. The van der Waals surface area contributed by atoms with Crippen LogP contribution in [0.2, 0.25) is 0 Å². The zero-order valence-corrected chi connectivity index (χ0v) is 18.2. The normalized spacial score (nSPS) is 30.3. The molecule has 2 saturated heterocycles. The van der Waals surface area contributed by atoms with E-state index >= 15 is 0 Å². The minimum atomic E-state index is -0.502. The molecule has 5 rings (SSSR count). The molecular formula is C24H30F2N4O. The highest BCUT2D eigenvalue weighted by molar-refractivity contribution is 5.60. The molecule has 166 valence electrons. The van der Waals surface area contributed by atoms with Crippen molar-refractivity contribution in [3.05, 3.63) is 42.0 Å². The lowest BCUT2D eigenvalue weighted by Gasteiger charge is -2.40. The Kier molecular flexibility index (Phi) is 5.42. The number of aromatic nitrogens is 2. The third kappa shape index (κ3) is 4.44. The number of hydrogen-bond acceptors (Lipinski definition) is 5. The summed E-state index contributed by atoms with van der Waals surface area (Å²) >= 11 is 0. The molecule has 1 aliphatic carbocycles. The number of hydrogen-bond donors (Lipinski definition) is 1. The lowest BCUT2D eigenvalue weighted by Crippen LogP contribution is -2.45. The number of nitrogens with one attached hydrogen (secondary N) is 1. The van der Waals surface area contributed by atoms with E-state index in [1.165, 1.54) is 13.1 Å². The van der Waals surface area contributed by atoms with Gasteiger partial charge in [-0.25, -0.2) is 8.78 Å². The third-order valence-corrected chi connectivity index (χ3v) is 7.19. The van der Waals surface area contributed by atoms with Crippen LogP contribution < -0.4 is 5.32 Å². The summed E-state index contributed by atoms with van der Waals surface area (Å²) in [6.45, 7) is 7.61. The van der Waals surface area contributed by atoms with Crippen molar-refractivity contribution in [3.8, 4) is 11.3 Å². The predicted octanol–water partition coefficient (Wildman–Crippen LogP) is 4.50. The number of likely N-dealkylation sites (tertiary alicyclic amines) is 1. The number of anilines is 1. The summed E-state index contributed by atoms with van der Waals surface area (Å²) in [7, 11) is 0. The minimum absolute atomic E-state index is 0.00995. The van der Waals surface area contributed by atoms with Crippen LogP contribution in [0.25, 0.3) is 11.3 Å². The summed E-state index contributed by atoms with van der Waals surface area (Å²) in [6, 6.07) is 7.88. The molecule has 5 nitrogen and oxygen atoms in total. The maximum Gasteiger partial charge on any atom is 0.148 e. The Bertz CT molecular complexity index is 922. The maximum absolute atomic E-state index is 14.0. The fourth-order valence-electron chi connectivity index (χ4n) is 5.72. The summed E-state index contributed by atoms with van der Waals surface area (Å²) in [5.74, 6) is 1.14. The van der Waals surface area contributed by atoms with Gasteiger partial charge in [0.25, 0.3) is 0 Å². The van der Waals surface area contributed by atoms with Crippen molar-refractivity contribution in [2.24, 2.45) is 11.8 Å². The van der Waals surface area contributed by atoms with Crippen molar-refractivity contribution in [1.29, 1.82) is 0 Å². The van der Waals surface area contributed by atoms with Crippen molar-refractivity contribution >= 4 is 5.82 Å². The van der Waals surface area contributed by atoms with Gasteiger partial charge in [0, 0.05) is 37.3 Å². The van der Waals surface area contributed by atoms with E-state index < -0.39 is 11.6 Å². The number of ether oxygens (including phenoxy) is 1. The Morgan fingerprint density at radius 2 is 1.84 bits per heavy atom. The topological polar surface area (TPSA) is 50.3 Å². The van der Waals surface area contributed by atoms with Crippen molar-refractivity contribution < 1.29 is 13.5 Å². The molecule has 0 bridgehead atoms. The van der Waals surface area contributed by atoms with Crippen LogP contribution in [0.3, 0.4) is 0 Å². The summed E-state index contributed by atoms with van der Waals surface area (Å²) in [6.07, 6.45) is 4.52. The van der Waals surface area contributed by atoms with Gasteiger partial charge in [0.1, 0.15) is 17.5 Å². The number of halogens is 2. The molecule has 2 aliphatic heterocycles. The SMILES string of the molecule is CC1(C)CC(N2CC3CC(Nc4ccc(-c5cc(F)ccc5F)nn4)CC3C2)CCO1. The average molecular weight is 429 g/mol. The molecule has 1 aromatic heterocycles. The second-order valence-electron chi connectivity index (χ2n) is 9.97. The molecule has 3 fully saturated rings. The van der Waals surface area contributed by atoms with E-state index in [1.807, 2.05) is 0 Å². The molecule has 0 spiro atoms. The molecule has 3 heterocycles. The Balaban J connectivity index is 1.17. The molecule has 0 radical (unpaired) electrons. The first-order valence-electron chi connectivity index (χ1n) is 11.3. The zero-order chi connectivity index (χ0) is 21.6. The molecule has 3 aliphatic rings. The summed E-state index contributed by atoms with van der Waals surface area (Å²) in [5.41, 5.74) is 0.455. The minimum Gasteiger partial charge on any atom is -0.375 e. The number of nitrogens with zero attached hydrogens (tertiary/aromatic N) is 3. The Morgan fingerprint density at radius 3 is 2.52 bits per heavy atom. The summed E-state index contributed by atoms with van der Waals surface area (Å²) in [4.78, 5) is 2.69. The van der Waals surface area contributed by atoms with Gasteiger partial charge in [-0.15, -0.1) is 10.2 Å². The molecule has 3 atom stereocenters. The van der Waals surface area contributed by atoms with Gasteiger partial charge in [0.05, 0.1) is 11.3 Å². The molecule has 2 aromatic rings. The monoisotopic (exact) mass is 428 g/mol. The second-order valence-corrected chi connectivity index (χ2v) is 9.97. The molecular weight excluding hydrogens is 398 g/mol. The van der Waals surface area contributed by atoms with Gasteiger partial charge in [-0.1, -0.05) is 0 Å². The molecule has 0 amide bonds. The molecule has 1 saturated carbocycles. The third-order valence-electron chi connectivity index (χ3n) is 7.19. The summed E-state index contributed by atoms with van der Waals surface area (Å²) < 4.78 is 33.3. The van der Waals surface area contributed by atoms with Crippen LogP contribution in [0.5, 0.6) is 0 Å². The van der Waals surface area contributed by atoms with Crippen molar-refractivity contribution in [2.75, 3.05) is 25.0 Å². The van der Waals surface area contributed by atoms with Gasteiger partial charge < -0.3 is 10.1 Å². The highest BCUT2D eigenvalue weighted by atomic mass is 19.1. The van der Waals surface area contributed by atoms with Crippen molar-refractivity contribution in [1.82, 2.24) is 15.1 Å². The van der Waals surface area contributed by atoms with Gasteiger partial charge >= 0.3 is 0 Å². The van der Waals surface area contributed by atoms with E-state index in [0.29, 0.717) is 23.6 Å². The number of fused-ring (bicyclic) bond motifs is 1. The molecule has 7 heteroatoms. The molecule has 1 aromatic carbocycles. The van der Waals surface area contributed by atoms with E-state index in [1.54, 1.807) is 12.1 Å². The van der Waals surface area contributed by atoms with Gasteiger partial charge in [0.15, 0.2) is 0 Å². The molecule has 3 unspecified atom stereocenters. The highest BCUT2D eigenvalue weighted by Crippen LogP contribution is 2.41. The van der Waals surface area contributed by atoms with E-state index in [0.717, 1.165) is 62.3 Å². The van der Waals surface area contributed by atoms with Crippen molar-refractivity contribution in [3.63, 3.8) is 0 Å². The maximum atomic E-state index is 14.0. The Morgan fingerprint density at radius 1 is 1.06 bits per heavy atom. The van der Waals surface area contributed by atoms with Crippen LogP contribution in [0.1, 0.15) is 39.5 Å². The van der Waals surface area contributed by atoms with Gasteiger partial charge in [-0.2, -0.15) is 0 Å². The van der Waals surface area contributed by atoms with Crippen molar-refractivity contribution in [2.45, 2.75) is 57.2 Å². The van der Waals surface area contributed by atoms with Crippen LogP contribution in [-0.2, 0) is 4.74 Å². The van der Waals surface area contributed by atoms with Crippen LogP contribution in [0, 0.1) is 23.5 Å². The fraction of sp³-hybridized carbons (Fsp3) is 0.583. The quantitative estimate of drug-likeness (QED) is 0.777. The number of rotatable bonds is 4. The van der Waals surface area contributed by atoms with E-state index in [2.05, 4.69) is 34.3 Å². The summed E-state index contributed by atoms with van der Waals surface area (Å²) in [5, 5.41) is 11.8. The smallest absolute Gasteiger partial charge is 0.148 e. The lowest BCUT2D eigenvalue weighted by atomic mass is 9.93.